The zero-order valence-corrected chi connectivity index (χ0v) is 19.5. The molecule has 0 aliphatic carbocycles. The summed E-state index contributed by atoms with van der Waals surface area (Å²) in [7, 11) is 0. The number of para-hydroxylation sites is 1. The summed E-state index contributed by atoms with van der Waals surface area (Å²) in [6.45, 7) is 2.41. The largest absolute Gasteiger partial charge is 0.481 e. The van der Waals surface area contributed by atoms with Crippen LogP contribution in [0, 0.1) is 0 Å². The molecule has 2 aliphatic rings. The number of hydrogen-bond acceptors (Lipinski definition) is 4. The summed E-state index contributed by atoms with van der Waals surface area (Å²) in [5.74, 6) is -1.66. The highest BCUT2D eigenvalue weighted by Crippen LogP contribution is 2.58. The standard InChI is InChI=1S/C27H24N2O4S/c1-2-18-12-14-20(15-13-18)29-25(32)23(16-24(30)31)34-27(29)21-10-6-7-11-22(21)28(26(27)33)17-19-8-4-3-5-9-19/h3-15,23H,2,16-17H2,1H3,(H,30,31)/t23-,27+/m0/s1. The third-order valence-electron chi connectivity index (χ3n) is 6.36. The number of rotatable bonds is 6. The summed E-state index contributed by atoms with van der Waals surface area (Å²) < 4.78 is 0. The van der Waals surface area contributed by atoms with Crippen LogP contribution in [-0.2, 0) is 32.2 Å². The van der Waals surface area contributed by atoms with Gasteiger partial charge in [-0.2, -0.15) is 0 Å². The van der Waals surface area contributed by atoms with Gasteiger partial charge < -0.3 is 10.0 Å². The van der Waals surface area contributed by atoms with Crippen LogP contribution in [0.4, 0.5) is 11.4 Å². The highest BCUT2D eigenvalue weighted by Gasteiger charge is 2.64. The molecule has 5 rings (SSSR count). The number of carbonyl (C=O) groups excluding carboxylic acids is 2. The normalized spacial score (nSPS) is 21.4. The van der Waals surface area contributed by atoms with Crippen LogP contribution in [0.1, 0.15) is 30.0 Å². The maximum atomic E-state index is 14.2. The van der Waals surface area contributed by atoms with Crippen LogP contribution in [0.3, 0.4) is 0 Å². The van der Waals surface area contributed by atoms with Gasteiger partial charge in [0.15, 0.2) is 0 Å². The molecule has 3 aromatic rings. The first-order valence-electron chi connectivity index (χ1n) is 11.2. The first-order valence-corrected chi connectivity index (χ1v) is 12.1. The Hall–Kier alpha value is -3.58. The molecule has 2 aliphatic heterocycles. The van der Waals surface area contributed by atoms with Crippen LogP contribution in [0.2, 0.25) is 0 Å². The van der Waals surface area contributed by atoms with Gasteiger partial charge in [-0.3, -0.25) is 19.3 Å². The highest BCUT2D eigenvalue weighted by molar-refractivity contribution is 8.03. The van der Waals surface area contributed by atoms with Gasteiger partial charge in [-0.25, -0.2) is 0 Å². The van der Waals surface area contributed by atoms with E-state index in [0.29, 0.717) is 17.8 Å². The fourth-order valence-electron chi connectivity index (χ4n) is 4.74. The molecule has 6 nitrogen and oxygen atoms in total. The van der Waals surface area contributed by atoms with Crippen LogP contribution in [0.25, 0.3) is 0 Å². The molecule has 0 unspecified atom stereocenters. The van der Waals surface area contributed by atoms with E-state index in [2.05, 4.69) is 6.92 Å². The molecule has 0 aromatic heterocycles. The van der Waals surface area contributed by atoms with E-state index >= 15 is 0 Å². The molecule has 1 spiro atoms. The molecule has 0 saturated carbocycles. The van der Waals surface area contributed by atoms with Crippen LogP contribution in [0.5, 0.6) is 0 Å². The number of nitrogens with zero attached hydrogens (tertiary/aromatic N) is 2. The first-order chi connectivity index (χ1) is 16.5. The summed E-state index contributed by atoms with van der Waals surface area (Å²) in [5, 5.41) is 8.61. The zero-order valence-electron chi connectivity index (χ0n) is 18.7. The Kier molecular flexibility index (Phi) is 5.65. The van der Waals surface area contributed by atoms with Crippen molar-refractivity contribution in [3.05, 3.63) is 95.6 Å². The second kappa shape index (κ2) is 8.65. The minimum atomic E-state index is -1.35. The topological polar surface area (TPSA) is 77.9 Å². The number of hydrogen-bond donors (Lipinski definition) is 1. The molecule has 7 heteroatoms. The van der Waals surface area contributed by atoms with Crippen molar-refractivity contribution in [3.63, 3.8) is 0 Å². The SMILES string of the molecule is CCc1ccc(N2C(=O)[C@H](CC(=O)O)S[C@]23C(=O)N(Cc2ccccc2)c2ccccc23)cc1. The van der Waals surface area contributed by atoms with Crippen molar-refractivity contribution in [1.29, 1.82) is 0 Å². The minimum Gasteiger partial charge on any atom is -0.481 e. The quantitative estimate of drug-likeness (QED) is 0.569. The third kappa shape index (κ3) is 3.47. The van der Waals surface area contributed by atoms with Crippen molar-refractivity contribution in [2.24, 2.45) is 0 Å². The summed E-state index contributed by atoms with van der Waals surface area (Å²) in [5.41, 5.74) is 4.12. The number of benzene rings is 3. The Bertz CT molecular complexity index is 1260. The number of aliphatic carboxylic acids is 1. The molecule has 172 valence electrons. The Morgan fingerprint density at radius 3 is 2.29 bits per heavy atom. The zero-order chi connectivity index (χ0) is 23.9. The summed E-state index contributed by atoms with van der Waals surface area (Å²) in [4.78, 5) is 41.4. The van der Waals surface area contributed by atoms with Crippen molar-refractivity contribution < 1.29 is 19.5 Å². The summed E-state index contributed by atoms with van der Waals surface area (Å²) >= 11 is 1.14. The maximum absolute atomic E-state index is 14.2. The minimum absolute atomic E-state index is 0.233. The maximum Gasteiger partial charge on any atom is 0.305 e. The number of aryl methyl sites for hydroxylation is 1. The van der Waals surface area contributed by atoms with Gasteiger partial charge in [0.2, 0.25) is 10.8 Å². The lowest BCUT2D eigenvalue weighted by Crippen LogP contribution is -2.49. The Morgan fingerprint density at radius 2 is 1.62 bits per heavy atom. The molecule has 34 heavy (non-hydrogen) atoms. The van der Waals surface area contributed by atoms with E-state index in [1.54, 1.807) is 4.90 Å². The van der Waals surface area contributed by atoms with Gasteiger partial charge in [-0.05, 0) is 35.7 Å². The van der Waals surface area contributed by atoms with Crippen LogP contribution >= 0.6 is 11.8 Å². The Labute approximate surface area is 202 Å². The van der Waals surface area contributed by atoms with Crippen molar-refractivity contribution in [2.75, 3.05) is 9.80 Å². The second-order valence-corrected chi connectivity index (χ2v) is 9.83. The summed E-state index contributed by atoms with van der Waals surface area (Å²) in [6.07, 6.45) is 0.505. The number of thioether (sulfide) groups is 1. The molecule has 2 atom stereocenters. The van der Waals surface area contributed by atoms with Gasteiger partial charge in [0.1, 0.15) is 0 Å². The van der Waals surface area contributed by atoms with E-state index in [-0.39, 0.29) is 18.2 Å². The monoisotopic (exact) mass is 472 g/mol. The van der Waals surface area contributed by atoms with Crippen molar-refractivity contribution in [2.45, 2.75) is 36.4 Å². The molecule has 1 saturated heterocycles. The smallest absolute Gasteiger partial charge is 0.305 e. The predicted octanol–water partition coefficient (Wildman–Crippen LogP) is 4.57. The number of carboxylic acid groups (broad SMARTS) is 1. The number of carboxylic acids is 1. The summed E-state index contributed by atoms with van der Waals surface area (Å²) in [6, 6.07) is 24.8. The molecule has 0 radical (unpaired) electrons. The Balaban J connectivity index is 1.66. The third-order valence-corrected chi connectivity index (χ3v) is 7.94. The van der Waals surface area contributed by atoms with Gasteiger partial charge in [-0.1, -0.05) is 67.6 Å². The van der Waals surface area contributed by atoms with E-state index < -0.39 is 16.1 Å². The van der Waals surface area contributed by atoms with E-state index in [4.69, 9.17) is 0 Å². The molecule has 1 fully saturated rings. The van der Waals surface area contributed by atoms with E-state index in [9.17, 15) is 19.5 Å². The number of amides is 2. The van der Waals surface area contributed by atoms with Gasteiger partial charge in [0, 0.05) is 11.3 Å². The van der Waals surface area contributed by atoms with Gasteiger partial charge in [0.05, 0.1) is 23.9 Å². The molecule has 1 N–H and O–H groups in total. The molecule has 2 amide bonds. The van der Waals surface area contributed by atoms with E-state index in [0.717, 1.165) is 35.0 Å². The first kappa shape index (κ1) is 22.2. The van der Waals surface area contributed by atoms with E-state index in [1.165, 1.54) is 4.90 Å². The van der Waals surface area contributed by atoms with E-state index in [1.807, 2.05) is 78.9 Å². The second-order valence-electron chi connectivity index (χ2n) is 8.44. The average molecular weight is 473 g/mol. The van der Waals surface area contributed by atoms with Crippen molar-refractivity contribution >= 4 is 40.9 Å². The van der Waals surface area contributed by atoms with Crippen LogP contribution in [0.15, 0.2) is 78.9 Å². The van der Waals surface area contributed by atoms with Gasteiger partial charge in [0.25, 0.3) is 5.91 Å². The number of fused-ring (bicyclic) bond motifs is 2. The van der Waals surface area contributed by atoms with Crippen LogP contribution < -0.4 is 9.80 Å². The molecular formula is C27H24N2O4S. The lowest BCUT2D eigenvalue weighted by Gasteiger charge is -2.33. The average Bonchev–Trinajstić information content (AvgIpc) is 3.26. The fourth-order valence-corrected chi connectivity index (χ4v) is 6.40. The van der Waals surface area contributed by atoms with Crippen LogP contribution in [-0.4, -0.2) is 28.1 Å². The Morgan fingerprint density at radius 1 is 0.941 bits per heavy atom. The van der Waals surface area contributed by atoms with Crippen molar-refractivity contribution in [1.82, 2.24) is 0 Å². The fraction of sp³-hybridized carbons (Fsp3) is 0.222. The number of anilines is 2. The highest BCUT2D eigenvalue weighted by atomic mass is 32.2. The van der Waals surface area contributed by atoms with Gasteiger partial charge >= 0.3 is 5.97 Å². The lowest BCUT2D eigenvalue weighted by atomic mass is 10.0. The molecule has 3 aromatic carbocycles. The molecule has 2 heterocycles. The lowest BCUT2D eigenvalue weighted by molar-refractivity contribution is -0.138. The number of carbonyl (C=O) groups is 3. The van der Waals surface area contributed by atoms with Crippen molar-refractivity contribution in [3.8, 4) is 0 Å². The van der Waals surface area contributed by atoms with Gasteiger partial charge in [-0.15, -0.1) is 11.8 Å². The molecular weight excluding hydrogens is 448 g/mol. The molecule has 0 bridgehead atoms. The predicted molar refractivity (Wildman–Crippen MR) is 133 cm³/mol.